The molecule has 0 aliphatic carbocycles. The molecule has 2 heterocycles. The summed E-state index contributed by atoms with van der Waals surface area (Å²) in [5.41, 5.74) is 1.76. The molecule has 0 bridgehead atoms. The second-order valence-corrected chi connectivity index (χ2v) is 10.9. The molecule has 0 saturated carbocycles. The summed E-state index contributed by atoms with van der Waals surface area (Å²) in [6.07, 6.45) is 1.58. The molecule has 0 atom stereocenters. The highest BCUT2D eigenvalue weighted by Gasteiger charge is 2.27. The van der Waals surface area contributed by atoms with Gasteiger partial charge in [-0.05, 0) is 71.8 Å². The van der Waals surface area contributed by atoms with Gasteiger partial charge in [0.1, 0.15) is 18.2 Å². The van der Waals surface area contributed by atoms with Crippen molar-refractivity contribution in [2.45, 2.75) is 23.1 Å². The van der Waals surface area contributed by atoms with Crippen LogP contribution in [0.15, 0.2) is 130 Å². The maximum Gasteiger partial charge on any atom is 0.295 e. The van der Waals surface area contributed by atoms with Crippen LogP contribution in [-0.4, -0.2) is 19.3 Å². The van der Waals surface area contributed by atoms with E-state index in [0.29, 0.717) is 23.2 Å². The van der Waals surface area contributed by atoms with Crippen molar-refractivity contribution in [1.82, 2.24) is 4.98 Å². The second kappa shape index (κ2) is 11.6. The highest BCUT2D eigenvalue weighted by atomic mass is 35.5. The van der Waals surface area contributed by atoms with Crippen LogP contribution in [0.3, 0.4) is 0 Å². The average molecular weight is 559 g/mol. The van der Waals surface area contributed by atoms with Crippen molar-refractivity contribution < 1.29 is 22.4 Å². The number of carbonyl (C=O) groups is 1. The van der Waals surface area contributed by atoms with E-state index in [1.54, 1.807) is 48.7 Å². The Kier molecular flexibility index (Phi) is 7.76. The van der Waals surface area contributed by atoms with Crippen molar-refractivity contribution >= 4 is 33.2 Å². The number of amides is 1. The lowest BCUT2D eigenvalue weighted by Gasteiger charge is -2.21. The van der Waals surface area contributed by atoms with E-state index in [2.05, 4.69) is 4.98 Å². The molecule has 5 rings (SSSR count). The Hall–Kier alpha value is -4.40. The average Bonchev–Trinajstić information content (AvgIpc) is 3.48. The molecule has 0 spiro atoms. The lowest BCUT2D eigenvalue weighted by molar-refractivity contribution is 0.0952. The van der Waals surface area contributed by atoms with Crippen LogP contribution in [0.5, 0.6) is 5.75 Å². The zero-order chi connectivity index (χ0) is 27.2. The van der Waals surface area contributed by atoms with Gasteiger partial charge in [-0.15, -0.1) is 0 Å². The van der Waals surface area contributed by atoms with Crippen LogP contribution in [-0.2, 0) is 23.0 Å². The minimum atomic E-state index is -3.91. The van der Waals surface area contributed by atoms with Gasteiger partial charge in [-0.1, -0.05) is 60.1 Å². The van der Waals surface area contributed by atoms with Gasteiger partial charge < -0.3 is 9.15 Å². The SMILES string of the molecule is O=C(c1ccc(S(=O)(=O)c2ccccc2)o1)N(Cc1ccc(OCc2cccc(Cl)c2)cc1)c1ccccn1. The molecule has 0 unspecified atom stereocenters. The molecule has 196 valence electrons. The van der Waals surface area contributed by atoms with E-state index in [1.807, 2.05) is 42.5 Å². The van der Waals surface area contributed by atoms with Crippen molar-refractivity contribution in [2.75, 3.05) is 4.90 Å². The summed E-state index contributed by atoms with van der Waals surface area (Å²) < 4.78 is 37.3. The largest absolute Gasteiger partial charge is 0.489 e. The zero-order valence-electron chi connectivity index (χ0n) is 20.6. The Morgan fingerprint density at radius 3 is 2.33 bits per heavy atom. The molecule has 3 aromatic carbocycles. The number of hydrogen-bond donors (Lipinski definition) is 0. The van der Waals surface area contributed by atoms with E-state index in [4.69, 9.17) is 20.8 Å². The number of pyridine rings is 1. The van der Waals surface area contributed by atoms with Gasteiger partial charge in [0.05, 0.1) is 11.4 Å². The number of carbonyl (C=O) groups excluding carboxylic acids is 1. The van der Waals surface area contributed by atoms with Crippen LogP contribution < -0.4 is 9.64 Å². The molecule has 5 aromatic rings. The summed E-state index contributed by atoms with van der Waals surface area (Å²) in [4.78, 5) is 19.4. The first-order chi connectivity index (χ1) is 18.9. The van der Waals surface area contributed by atoms with Gasteiger partial charge in [0, 0.05) is 11.2 Å². The third kappa shape index (κ3) is 6.19. The third-order valence-corrected chi connectivity index (χ3v) is 7.72. The number of benzene rings is 3. The van der Waals surface area contributed by atoms with E-state index in [1.165, 1.54) is 29.2 Å². The Bertz CT molecular complexity index is 1670. The van der Waals surface area contributed by atoms with Crippen molar-refractivity contribution in [3.05, 3.63) is 137 Å². The standard InChI is InChI=1S/C30H23ClN2O5S/c31-24-8-6-7-23(19-24)21-37-25-14-12-22(13-15-25)20-33(28-11-4-5-18-32-28)30(34)27-16-17-29(38-27)39(35,36)26-9-2-1-3-10-26/h1-19H,20-21H2. The van der Waals surface area contributed by atoms with Crippen molar-refractivity contribution in [3.8, 4) is 5.75 Å². The molecule has 7 nitrogen and oxygen atoms in total. The number of sulfone groups is 1. The minimum Gasteiger partial charge on any atom is -0.489 e. The molecule has 1 amide bonds. The van der Waals surface area contributed by atoms with E-state index in [9.17, 15) is 13.2 Å². The van der Waals surface area contributed by atoms with Gasteiger partial charge >= 0.3 is 0 Å². The molecule has 0 radical (unpaired) electrons. The maximum absolute atomic E-state index is 13.5. The van der Waals surface area contributed by atoms with Gasteiger partial charge in [0.15, 0.2) is 5.76 Å². The summed E-state index contributed by atoms with van der Waals surface area (Å²) in [7, 11) is -3.91. The number of halogens is 1. The number of rotatable bonds is 9. The second-order valence-electron chi connectivity index (χ2n) is 8.58. The Morgan fingerprint density at radius 1 is 0.846 bits per heavy atom. The molecule has 0 saturated heterocycles. The van der Waals surface area contributed by atoms with Crippen LogP contribution in [0.25, 0.3) is 0 Å². The van der Waals surface area contributed by atoms with Gasteiger partial charge in [-0.2, -0.15) is 0 Å². The molecular weight excluding hydrogens is 536 g/mol. The normalized spacial score (nSPS) is 11.2. The number of aromatic nitrogens is 1. The first kappa shape index (κ1) is 26.2. The molecule has 9 heteroatoms. The van der Waals surface area contributed by atoms with Gasteiger partial charge in [0.2, 0.25) is 14.9 Å². The monoisotopic (exact) mass is 558 g/mol. The summed E-state index contributed by atoms with van der Waals surface area (Å²) in [6.45, 7) is 0.539. The van der Waals surface area contributed by atoms with Crippen LogP contribution >= 0.6 is 11.6 Å². The van der Waals surface area contributed by atoms with E-state index in [0.717, 1.165) is 11.1 Å². The highest BCUT2D eigenvalue weighted by molar-refractivity contribution is 7.91. The Balaban J connectivity index is 1.35. The molecule has 0 fully saturated rings. The minimum absolute atomic E-state index is 0.0811. The molecule has 2 aromatic heterocycles. The predicted octanol–water partition coefficient (Wildman–Crippen LogP) is 6.59. The number of furan rings is 1. The Labute approximate surface area is 231 Å². The molecular formula is C30H23ClN2O5S. The Morgan fingerprint density at radius 2 is 1.62 bits per heavy atom. The summed E-state index contributed by atoms with van der Waals surface area (Å²) in [6, 6.07) is 30.6. The molecule has 0 N–H and O–H groups in total. The van der Waals surface area contributed by atoms with E-state index >= 15 is 0 Å². The van der Waals surface area contributed by atoms with Crippen LogP contribution in [0, 0.1) is 0 Å². The smallest absolute Gasteiger partial charge is 0.295 e. The summed E-state index contributed by atoms with van der Waals surface area (Å²) in [5, 5.41) is 0.339. The number of anilines is 1. The predicted molar refractivity (Wildman–Crippen MR) is 148 cm³/mol. The van der Waals surface area contributed by atoms with Crippen molar-refractivity contribution in [3.63, 3.8) is 0 Å². The summed E-state index contributed by atoms with van der Waals surface area (Å²) in [5.74, 6) is 0.421. The quantitative estimate of drug-likeness (QED) is 0.203. The van der Waals surface area contributed by atoms with Gasteiger partial charge in [-0.25, -0.2) is 13.4 Å². The first-order valence-electron chi connectivity index (χ1n) is 12.0. The van der Waals surface area contributed by atoms with E-state index in [-0.39, 0.29) is 22.3 Å². The molecule has 0 aliphatic heterocycles. The number of hydrogen-bond acceptors (Lipinski definition) is 6. The van der Waals surface area contributed by atoms with Crippen molar-refractivity contribution in [1.29, 1.82) is 0 Å². The topological polar surface area (TPSA) is 89.7 Å². The number of ether oxygens (including phenoxy) is 1. The van der Waals surface area contributed by atoms with Crippen molar-refractivity contribution in [2.24, 2.45) is 0 Å². The highest BCUT2D eigenvalue weighted by Crippen LogP contribution is 2.26. The van der Waals surface area contributed by atoms with Crippen LogP contribution in [0.4, 0.5) is 5.82 Å². The lowest BCUT2D eigenvalue weighted by atomic mass is 10.2. The van der Waals surface area contributed by atoms with E-state index < -0.39 is 15.7 Å². The maximum atomic E-state index is 13.5. The fourth-order valence-electron chi connectivity index (χ4n) is 3.87. The lowest BCUT2D eigenvalue weighted by Crippen LogP contribution is -2.30. The van der Waals surface area contributed by atoms with Crippen LogP contribution in [0.2, 0.25) is 5.02 Å². The fourth-order valence-corrected chi connectivity index (χ4v) is 5.27. The zero-order valence-corrected chi connectivity index (χ0v) is 22.2. The number of nitrogens with zero attached hydrogens (tertiary/aromatic N) is 2. The first-order valence-corrected chi connectivity index (χ1v) is 13.9. The van der Waals surface area contributed by atoms with Gasteiger partial charge in [0.25, 0.3) is 5.91 Å². The van der Waals surface area contributed by atoms with Gasteiger partial charge in [-0.3, -0.25) is 9.69 Å². The molecule has 0 aliphatic rings. The third-order valence-electron chi connectivity index (χ3n) is 5.84. The molecule has 39 heavy (non-hydrogen) atoms. The fraction of sp³-hybridized carbons (Fsp3) is 0.0667. The van der Waals surface area contributed by atoms with Crippen LogP contribution in [0.1, 0.15) is 21.7 Å². The summed E-state index contributed by atoms with van der Waals surface area (Å²) >= 11 is 6.04.